The number of hydrogen-bond donors (Lipinski definition) is 2. The smallest absolute Gasteiger partial charge is 0.328 e. The first kappa shape index (κ1) is 20.7. The van der Waals surface area contributed by atoms with E-state index in [1.54, 1.807) is 33.0 Å². The summed E-state index contributed by atoms with van der Waals surface area (Å²) in [5, 5.41) is 10.3. The lowest BCUT2D eigenvalue weighted by Gasteiger charge is -2.19. The molecule has 2 N–H and O–H groups in total. The van der Waals surface area contributed by atoms with Gasteiger partial charge in [0.15, 0.2) is 0 Å². The zero-order chi connectivity index (χ0) is 20.2. The van der Waals surface area contributed by atoms with Crippen molar-refractivity contribution in [1.82, 2.24) is 14.8 Å². The number of ether oxygens (including phenoxy) is 1. The zero-order valence-electron chi connectivity index (χ0n) is 16.0. The number of rotatable bonds is 6. The van der Waals surface area contributed by atoms with Gasteiger partial charge in [0.2, 0.25) is 0 Å². The standard InChI is InChI=1S/C18H24ClN5O3/c1-11(2)22-14-6-15(19)20-8-13(14)17(26)23-12-7-21-24(9-12)10-16(25)27-18(3,4)5/h6-9,11H,10H2,1-5H3,(H,20,22)(H,23,26). The summed E-state index contributed by atoms with van der Waals surface area (Å²) >= 11 is 5.92. The van der Waals surface area contributed by atoms with Gasteiger partial charge < -0.3 is 15.4 Å². The van der Waals surface area contributed by atoms with Gasteiger partial charge in [-0.25, -0.2) is 4.98 Å². The molecule has 0 aliphatic carbocycles. The van der Waals surface area contributed by atoms with Crippen LogP contribution in [-0.4, -0.2) is 38.3 Å². The first-order valence-electron chi connectivity index (χ1n) is 8.51. The van der Waals surface area contributed by atoms with E-state index in [2.05, 4.69) is 20.7 Å². The van der Waals surface area contributed by atoms with E-state index < -0.39 is 11.6 Å². The second-order valence-electron chi connectivity index (χ2n) is 7.32. The summed E-state index contributed by atoms with van der Waals surface area (Å²) in [6, 6.07) is 1.72. The number of pyridine rings is 1. The third-order valence-corrected chi connectivity index (χ3v) is 3.37. The lowest BCUT2D eigenvalue weighted by Crippen LogP contribution is -2.26. The molecule has 0 radical (unpaired) electrons. The van der Waals surface area contributed by atoms with Crippen LogP contribution in [0.2, 0.25) is 5.15 Å². The van der Waals surface area contributed by atoms with Gasteiger partial charge in [-0.1, -0.05) is 11.6 Å². The van der Waals surface area contributed by atoms with Crippen molar-refractivity contribution < 1.29 is 14.3 Å². The fourth-order valence-electron chi connectivity index (χ4n) is 2.26. The van der Waals surface area contributed by atoms with Crippen molar-refractivity contribution in [3.8, 4) is 0 Å². The van der Waals surface area contributed by atoms with Crippen LogP contribution < -0.4 is 10.6 Å². The van der Waals surface area contributed by atoms with E-state index in [9.17, 15) is 9.59 Å². The highest BCUT2D eigenvalue weighted by atomic mass is 35.5. The number of esters is 1. The Bertz CT molecular complexity index is 827. The van der Waals surface area contributed by atoms with Crippen molar-refractivity contribution in [2.24, 2.45) is 0 Å². The number of anilines is 2. The summed E-state index contributed by atoms with van der Waals surface area (Å²) < 4.78 is 6.65. The molecule has 27 heavy (non-hydrogen) atoms. The summed E-state index contributed by atoms with van der Waals surface area (Å²) in [5.74, 6) is -0.770. The van der Waals surface area contributed by atoms with Crippen molar-refractivity contribution in [2.45, 2.75) is 52.8 Å². The molecule has 0 bridgehead atoms. The molecule has 2 heterocycles. The highest BCUT2D eigenvalue weighted by molar-refractivity contribution is 6.29. The number of amides is 1. The van der Waals surface area contributed by atoms with Gasteiger partial charge in [-0.05, 0) is 40.7 Å². The van der Waals surface area contributed by atoms with Crippen LogP contribution in [0.3, 0.4) is 0 Å². The number of nitrogens with one attached hydrogen (secondary N) is 2. The van der Waals surface area contributed by atoms with Crippen LogP contribution in [0.4, 0.5) is 11.4 Å². The van der Waals surface area contributed by atoms with Crippen LogP contribution in [0.25, 0.3) is 0 Å². The Morgan fingerprint density at radius 3 is 2.63 bits per heavy atom. The van der Waals surface area contributed by atoms with Crippen LogP contribution in [0, 0.1) is 0 Å². The van der Waals surface area contributed by atoms with E-state index >= 15 is 0 Å². The lowest BCUT2D eigenvalue weighted by molar-refractivity contribution is -0.155. The molecule has 2 aromatic rings. The van der Waals surface area contributed by atoms with Crippen LogP contribution in [0.15, 0.2) is 24.7 Å². The van der Waals surface area contributed by atoms with E-state index in [1.807, 2.05) is 13.8 Å². The molecule has 0 saturated heterocycles. The molecule has 0 fully saturated rings. The summed E-state index contributed by atoms with van der Waals surface area (Å²) in [7, 11) is 0. The summed E-state index contributed by atoms with van der Waals surface area (Å²) in [4.78, 5) is 28.4. The minimum Gasteiger partial charge on any atom is -0.459 e. The maximum atomic E-state index is 12.6. The molecule has 1 amide bonds. The Morgan fingerprint density at radius 2 is 2.00 bits per heavy atom. The third kappa shape index (κ3) is 6.56. The topological polar surface area (TPSA) is 98.1 Å². The largest absolute Gasteiger partial charge is 0.459 e. The molecule has 146 valence electrons. The number of hydrogen-bond acceptors (Lipinski definition) is 6. The molecule has 8 nitrogen and oxygen atoms in total. The minimum absolute atomic E-state index is 0.0458. The minimum atomic E-state index is -0.567. The maximum Gasteiger partial charge on any atom is 0.328 e. The molecule has 0 saturated carbocycles. The first-order chi connectivity index (χ1) is 12.5. The van der Waals surface area contributed by atoms with Gasteiger partial charge in [0.05, 0.1) is 23.1 Å². The molecule has 9 heteroatoms. The van der Waals surface area contributed by atoms with Gasteiger partial charge in [-0.15, -0.1) is 0 Å². The summed E-state index contributed by atoms with van der Waals surface area (Å²) in [6.07, 6.45) is 4.43. The molecule has 2 rings (SSSR count). The SMILES string of the molecule is CC(C)Nc1cc(Cl)ncc1C(=O)Nc1cnn(CC(=O)OC(C)(C)C)c1. The van der Waals surface area contributed by atoms with Crippen LogP contribution in [0.1, 0.15) is 45.0 Å². The van der Waals surface area contributed by atoms with Gasteiger partial charge in [0, 0.05) is 18.4 Å². The van der Waals surface area contributed by atoms with Crippen molar-refractivity contribution in [2.75, 3.05) is 10.6 Å². The second-order valence-corrected chi connectivity index (χ2v) is 7.71. The summed E-state index contributed by atoms with van der Waals surface area (Å²) in [5.41, 5.74) is 0.827. The summed E-state index contributed by atoms with van der Waals surface area (Å²) in [6.45, 7) is 9.25. The fourth-order valence-corrected chi connectivity index (χ4v) is 2.42. The number of halogens is 1. The van der Waals surface area contributed by atoms with Crippen molar-refractivity contribution in [3.05, 3.63) is 35.4 Å². The number of carbonyl (C=O) groups excluding carboxylic acids is 2. The van der Waals surface area contributed by atoms with Gasteiger partial charge in [0.25, 0.3) is 5.91 Å². The third-order valence-electron chi connectivity index (χ3n) is 3.16. The maximum absolute atomic E-state index is 12.6. The Labute approximate surface area is 163 Å². The van der Waals surface area contributed by atoms with Crippen LogP contribution in [-0.2, 0) is 16.1 Å². The van der Waals surface area contributed by atoms with Crippen molar-refractivity contribution >= 4 is 34.9 Å². The normalized spacial score (nSPS) is 11.4. The Morgan fingerprint density at radius 1 is 1.30 bits per heavy atom. The highest BCUT2D eigenvalue weighted by Gasteiger charge is 2.18. The molecular formula is C18H24ClN5O3. The lowest BCUT2D eigenvalue weighted by atomic mass is 10.2. The van der Waals surface area contributed by atoms with Crippen LogP contribution in [0.5, 0.6) is 0 Å². The van der Waals surface area contributed by atoms with Gasteiger partial charge in [-0.2, -0.15) is 5.10 Å². The van der Waals surface area contributed by atoms with E-state index in [4.69, 9.17) is 16.3 Å². The van der Waals surface area contributed by atoms with E-state index in [-0.39, 0.29) is 18.5 Å². The molecule has 2 aromatic heterocycles. The van der Waals surface area contributed by atoms with Crippen molar-refractivity contribution in [1.29, 1.82) is 0 Å². The average molecular weight is 394 g/mol. The number of aromatic nitrogens is 3. The Hall–Kier alpha value is -2.61. The van der Waals surface area contributed by atoms with E-state index in [1.165, 1.54) is 17.1 Å². The molecule has 0 spiro atoms. The number of carbonyl (C=O) groups is 2. The van der Waals surface area contributed by atoms with Gasteiger partial charge in [0.1, 0.15) is 17.3 Å². The average Bonchev–Trinajstić information content (AvgIpc) is 2.91. The zero-order valence-corrected chi connectivity index (χ0v) is 16.8. The molecule has 0 atom stereocenters. The molecule has 0 aliphatic rings. The monoisotopic (exact) mass is 393 g/mol. The Balaban J connectivity index is 2.07. The Kier molecular flexibility index (Phi) is 6.43. The predicted molar refractivity (Wildman–Crippen MR) is 104 cm³/mol. The predicted octanol–water partition coefficient (Wildman–Crippen LogP) is 3.35. The molecular weight excluding hydrogens is 370 g/mol. The van der Waals surface area contributed by atoms with Gasteiger partial charge in [-0.3, -0.25) is 14.3 Å². The second kappa shape index (κ2) is 8.39. The first-order valence-corrected chi connectivity index (χ1v) is 8.89. The number of nitrogens with zero attached hydrogens (tertiary/aromatic N) is 3. The van der Waals surface area contributed by atoms with Crippen LogP contribution >= 0.6 is 11.6 Å². The molecule has 0 aromatic carbocycles. The van der Waals surface area contributed by atoms with Gasteiger partial charge >= 0.3 is 5.97 Å². The van der Waals surface area contributed by atoms with E-state index in [0.717, 1.165) is 0 Å². The van der Waals surface area contributed by atoms with Crippen molar-refractivity contribution in [3.63, 3.8) is 0 Å². The molecule has 0 unspecified atom stereocenters. The van der Waals surface area contributed by atoms with E-state index in [0.29, 0.717) is 22.1 Å². The molecule has 0 aliphatic heterocycles. The highest BCUT2D eigenvalue weighted by Crippen LogP contribution is 2.21. The quantitative estimate of drug-likeness (QED) is 0.577. The fraction of sp³-hybridized carbons (Fsp3) is 0.444.